The van der Waals surface area contributed by atoms with Gasteiger partial charge in [-0.2, -0.15) is 0 Å². The zero-order valence-electron chi connectivity index (χ0n) is 11.6. The Kier molecular flexibility index (Phi) is 4.12. The number of hydrogen-bond acceptors (Lipinski definition) is 4. The minimum absolute atomic E-state index is 0.404. The van der Waals surface area contributed by atoms with Crippen LogP contribution < -0.4 is 10.5 Å². The summed E-state index contributed by atoms with van der Waals surface area (Å²) in [5.74, 6) is 1.27. The number of ether oxygens (including phenoxy) is 1. The Hall–Kier alpha value is -1.94. The number of hydrogen-bond donors (Lipinski definition) is 1. The first-order valence-corrected chi connectivity index (χ1v) is 6.35. The maximum atomic E-state index is 5.62. The van der Waals surface area contributed by atoms with Gasteiger partial charge in [0, 0.05) is 12.1 Å². The van der Waals surface area contributed by atoms with Crippen LogP contribution in [-0.2, 0) is 6.54 Å². The molecule has 0 aliphatic heterocycles. The molecule has 4 nitrogen and oxygen atoms in total. The maximum absolute atomic E-state index is 5.62. The van der Waals surface area contributed by atoms with Crippen molar-refractivity contribution in [3.63, 3.8) is 0 Å². The van der Waals surface area contributed by atoms with Crippen molar-refractivity contribution in [3.8, 4) is 17.0 Å². The number of rotatable bonds is 4. The summed E-state index contributed by atoms with van der Waals surface area (Å²) >= 11 is 0. The van der Waals surface area contributed by atoms with Crippen molar-refractivity contribution in [1.29, 1.82) is 0 Å². The Labute approximate surface area is 113 Å². The third-order valence-corrected chi connectivity index (χ3v) is 3.10. The molecule has 0 amide bonds. The van der Waals surface area contributed by atoms with Gasteiger partial charge in [0.25, 0.3) is 0 Å². The monoisotopic (exact) mass is 257 g/mol. The van der Waals surface area contributed by atoms with E-state index in [4.69, 9.17) is 10.5 Å². The number of benzene rings is 1. The van der Waals surface area contributed by atoms with Crippen molar-refractivity contribution in [2.75, 3.05) is 7.11 Å². The average Bonchev–Trinajstić information content (AvgIpc) is 2.46. The fraction of sp³-hybridized carbons (Fsp3) is 0.333. The molecule has 0 spiro atoms. The Morgan fingerprint density at radius 1 is 1.21 bits per heavy atom. The first-order valence-electron chi connectivity index (χ1n) is 6.35. The summed E-state index contributed by atoms with van der Waals surface area (Å²) in [5, 5.41) is 0. The summed E-state index contributed by atoms with van der Waals surface area (Å²) in [5.41, 5.74) is 9.52. The van der Waals surface area contributed by atoms with Gasteiger partial charge in [0.1, 0.15) is 12.1 Å². The van der Waals surface area contributed by atoms with Crippen LogP contribution in [0.1, 0.15) is 31.0 Å². The molecule has 0 atom stereocenters. The van der Waals surface area contributed by atoms with Gasteiger partial charge in [-0.1, -0.05) is 19.9 Å². The predicted molar refractivity (Wildman–Crippen MR) is 76.0 cm³/mol. The van der Waals surface area contributed by atoms with Gasteiger partial charge in [0.2, 0.25) is 0 Å². The second-order valence-electron chi connectivity index (χ2n) is 4.71. The Bertz CT molecular complexity index is 567. The van der Waals surface area contributed by atoms with Gasteiger partial charge in [-0.05, 0) is 29.7 Å². The molecule has 1 heterocycles. The van der Waals surface area contributed by atoms with Crippen LogP contribution in [0.25, 0.3) is 11.3 Å². The highest BCUT2D eigenvalue weighted by atomic mass is 16.5. The summed E-state index contributed by atoms with van der Waals surface area (Å²) in [6.45, 7) is 4.73. The number of nitrogens with two attached hydrogens (primary N) is 1. The van der Waals surface area contributed by atoms with Gasteiger partial charge in [0.15, 0.2) is 0 Å². The minimum Gasteiger partial charge on any atom is -0.496 e. The SMILES string of the molecule is COc1ccc(C(C)C)cc1-c1cc(CN)ncn1. The van der Waals surface area contributed by atoms with Crippen LogP contribution in [0.2, 0.25) is 0 Å². The van der Waals surface area contributed by atoms with Crippen molar-refractivity contribution in [2.24, 2.45) is 5.73 Å². The standard InChI is InChI=1S/C15H19N3O/c1-10(2)11-4-5-15(19-3)13(6-11)14-7-12(8-16)17-9-18-14/h4-7,9-10H,8,16H2,1-3H3. The Morgan fingerprint density at radius 3 is 2.63 bits per heavy atom. The number of aromatic nitrogens is 2. The molecule has 0 fully saturated rings. The summed E-state index contributed by atoms with van der Waals surface area (Å²) in [6, 6.07) is 8.08. The summed E-state index contributed by atoms with van der Waals surface area (Å²) in [4.78, 5) is 8.44. The predicted octanol–water partition coefficient (Wildman–Crippen LogP) is 2.73. The molecule has 0 saturated carbocycles. The lowest BCUT2D eigenvalue weighted by molar-refractivity contribution is 0.416. The van der Waals surface area contributed by atoms with E-state index < -0.39 is 0 Å². The highest BCUT2D eigenvalue weighted by molar-refractivity contribution is 5.68. The first kappa shape index (κ1) is 13.5. The maximum Gasteiger partial charge on any atom is 0.128 e. The van der Waals surface area contributed by atoms with Crippen LogP contribution in [0.4, 0.5) is 0 Å². The molecule has 100 valence electrons. The van der Waals surface area contributed by atoms with E-state index in [2.05, 4.69) is 35.9 Å². The third-order valence-electron chi connectivity index (χ3n) is 3.10. The van der Waals surface area contributed by atoms with E-state index in [9.17, 15) is 0 Å². The summed E-state index contributed by atoms with van der Waals surface area (Å²) < 4.78 is 5.42. The van der Waals surface area contributed by atoms with Crippen molar-refractivity contribution >= 4 is 0 Å². The zero-order chi connectivity index (χ0) is 13.8. The molecular formula is C15H19N3O. The molecule has 1 aromatic carbocycles. The van der Waals surface area contributed by atoms with Gasteiger partial charge in [-0.3, -0.25) is 0 Å². The Balaban J connectivity index is 2.54. The van der Waals surface area contributed by atoms with E-state index in [1.807, 2.05) is 12.1 Å². The molecular weight excluding hydrogens is 238 g/mol. The topological polar surface area (TPSA) is 61.0 Å². The van der Waals surface area contributed by atoms with E-state index in [1.165, 1.54) is 5.56 Å². The van der Waals surface area contributed by atoms with Crippen LogP contribution in [-0.4, -0.2) is 17.1 Å². The smallest absolute Gasteiger partial charge is 0.128 e. The number of nitrogens with zero attached hydrogens (tertiary/aromatic N) is 2. The van der Waals surface area contributed by atoms with Gasteiger partial charge in [0.05, 0.1) is 18.5 Å². The van der Waals surface area contributed by atoms with Crippen molar-refractivity contribution < 1.29 is 4.74 Å². The molecule has 19 heavy (non-hydrogen) atoms. The van der Waals surface area contributed by atoms with Crippen molar-refractivity contribution in [2.45, 2.75) is 26.3 Å². The first-order chi connectivity index (χ1) is 9.15. The van der Waals surface area contributed by atoms with E-state index >= 15 is 0 Å². The van der Waals surface area contributed by atoms with Crippen LogP contribution >= 0.6 is 0 Å². The van der Waals surface area contributed by atoms with Gasteiger partial charge in [-0.25, -0.2) is 9.97 Å². The molecule has 2 aromatic rings. The second-order valence-corrected chi connectivity index (χ2v) is 4.71. The molecule has 1 aromatic heterocycles. The lowest BCUT2D eigenvalue weighted by Crippen LogP contribution is -2.01. The van der Waals surface area contributed by atoms with E-state index in [0.29, 0.717) is 12.5 Å². The van der Waals surface area contributed by atoms with Crippen molar-refractivity contribution in [1.82, 2.24) is 9.97 Å². The molecule has 0 saturated heterocycles. The molecule has 2 rings (SSSR count). The largest absolute Gasteiger partial charge is 0.496 e. The quantitative estimate of drug-likeness (QED) is 0.914. The third kappa shape index (κ3) is 2.90. The second kappa shape index (κ2) is 5.80. The lowest BCUT2D eigenvalue weighted by atomic mass is 9.98. The molecule has 0 unspecified atom stereocenters. The fourth-order valence-corrected chi connectivity index (χ4v) is 1.94. The van der Waals surface area contributed by atoms with E-state index in [0.717, 1.165) is 22.7 Å². The average molecular weight is 257 g/mol. The lowest BCUT2D eigenvalue weighted by Gasteiger charge is -2.12. The molecule has 0 bridgehead atoms. The minimum atomic E-state index is 0.404. The molecule has 0 aliphatic carbocycles. The van der Waals surface area contributed by atoms with Crippen molar-refractivity contribution in [3.05, 3.63) is 41.9 Å². The van der Waals surface area contributed by atoms with Gasteiger partial charge < -0.3 is 10.5 Å². The van der Waals surface area contributed by atoms with E-state index in [-0.39, 0.29) is 0 Å². The highest BCUT2D eigenvalue weighted by Gasteiger charge is 2.10. The molecule has 0 radical (unpaired) electrons. The van der Waals surface area contributed by atoms with Crippen LogP contribution in [0.15, 0.2) is 30.6 Å². The molecule has 4 heteroatoms. The van der Waals surface area contributed by atoms with E-state index in [1.54, 1.807) is 13.4 Å². The summed E-state index contributed by atoms with van der Waals surface area (Å²) in [7, 11) is 1.67. The summed E-state index contributed by atoms with van der Waals surface area (Å²) in [6.07, 6.45) is 1.54. The Morgan fingerprint density at radius 2 is 2.00 bits per heavy atom. The molecule has 0 aliphatic rings. The zero-order valence-corrected chi connectivity index (χ0v) is 11.6. The van der Waals surface area contributed by atoms with Crippen LogP contribution in [0.3, 0.4) is 0 Å². The highest BCUT2D eigenvalue weighted by Crippen LogP contribution is 2.31. The normalized spacial score (nSPS) is 10.8. The van der Waals surface area contributed by atoms with Gasteiger partial charge in [-0.15, -0.1) is 0 Å². The number of methoxy groups -OCH3 is 1. The van der Waals surface area contributed by atoms with Gasteiger partial charge >= 0.3 is 0 Å². The van der Waals surface area contributed by atoms with Crippen LogP contribution in [0, 0.1) is 0 Å². The molecule has 2 N–H and O–H groups in total. The fourth-order valence-electron chi connectivity index (χ4n) is 1.94. The van der Waals surface area contributed by atoms with Crippen LogP contribution in [0.5, 0.6) is 5.75 Å².